The molecule has 1 aliphatic heterocycles. The van der Waals surface area contributed by atoms with Crippen molar-refractivity contribution in [2.75, 3.05) is 31.1 Å². The first-order chi connectivity index (χ1) is 15.5. The minimum absolute atomic E-state index is 0.154. The number of hydrogen-bond acceptors (Lipinski definition) is 6. The lowest BCUT2D eigenvalue weighted by atomic mass is 10.1. The Labute approximate surface area is 185 Å². The quantitative estimate of drug-likeness (QED) is 0.643. The monoisotopic (exact) mass is 430 g/mol. The maximum absolute atomic E-state index is 12.8. The van der Waals surface area contributed by atoms with Crippen LogP contribution in [0.25, 0.3) is 0 Å². The van der Waals surface area contributed by atoms with Gasteiger partial charge in [-0.3, -0.25) is 9.59 Å². The Kier molecular flexibility index (Phi) is 6.08. The fourth-order valence-electron chi connectivity index (χ4n) is 3.51. The van der Waals surface area contributed by atoms with Gasteiger partial charge in [-0.1, -0.05) is 0 Å². The van der Waals surface area contributed by atoms with E-state index < -0.39 is 5.91 Å². The highest BCUT2D eigenvalue weighted by Gasteiger charge is 2.24. The van der Waals surface area contributed by atoms with Crippen LogP contribution in [0.2, 0.25) is 0 Å². The lowest BCUT2D eigenvalue weighted by molar-refractivity contribution is 0.0710. The van der Waals surface area contributed by atoms with Gasteiger partial charge in [-0.25, -0.2) is 0 Å². The number of rotatable bonds is 6. The zero-order chi connectivity index (χ0) is 22.5. The van der Waals surface area contributed by atoms with Crippen molar-refractivity contribution in [3.05, 3.63) is 83.3 Å². The summed E-state index contributed by atoms with van der Waals surface area (Å²) in [5.41, 5.74) is 7.31. The van der Waals surface area contributed by atoms with E-state index in [1.165, 1.54) is 0 Å². The normalized spacial score (nSPS) is 13.5. The second kappa shape index (κ2) is 9.27. The molecule has 8 nitrogen and oxygen atoms in total. The largest absolute Gasteiger partial charge is 0.486 e. The zero-order valence-corrected chi connectivity index (χ0v) is 17.4. The molecule has 0 aliphatic carbocycles. The highest BCUT2D eigenvalue weighted by atomic mass is 16.5. The molecule has 1 fully saturated rings. The van der Waals surface area contributed by atoms with E-state index >= 15 is 0 Å². The van der Waals surface area contributed by atoms with Crippen molar-refractivity contribution in [2.45, 2.75) is 6.61 Å². The molecule has 4 rings (SSSR count). The summed E-state index contributed by atoms with van der Waals surface area (Å²) in [6.07, 6.45) is 0. The summed E-state index contributed by atoms with van der Waals surface area (Å²) >= 11 is 0. The van der Waals surface area contributed by atoms with E-state index in [-0.39, 0.29) is 18.3 Å². The molecular weight excluding hydrogens is 408 g/mol. The SMILES string of the molecule is N#Cc1ccc(OCc2ccc(C(=O)N3CCN(c4ccc(C(N)=O)cc4)CC3)o2)cc1. The van der Waals surface area contributed by atoms with Gasteiger partial charge in [0.25, 0.3) is 5.91 Å². The molecule has 0 unspecified atom stereocenters. The third-order valence-corrected chi connectivity index (χ3v) is 5.32. The maximum atomic E-state index is 12.8. The first-order valence-corrected chi connectivity index (χ1v) is 10.2. The van der Waals surface area contributed by atoms with Gasteiger partial charge < -0.3 is 24.7 Å². The molecule has 0 atom stereocenters. The molecule has 162 valence electrons. The van der Waals surface area contributed by atoms with Gasteiger partial charge in [0.05, 0.1) is 11.6 Å². The number of nitrogens with zero attached hydrogens (tertiary/aromatic N) is 3. The Hall–Kier alpha value is -4.25. The third kappa shape index (κ3) is 4.73. The van der Waals surface area contributed by atoms with E-state index in [4.69, 9.17) is 20.1 Å². The number of primary amides is 1. The van der Waals surface area contributed by atoms with Gasteiger partial charge in [0.15, 0.2) is 5.76 Å². The van der Waals surface area contributed by atoms with Crippen molar-refractivity contribution < 1.29 is 18.7 Å². The molecular formula is C24H22N4O4. The summed E-state index contributed by atoms with van der Waals surface area (Å²) in [6.45, 7) is 2.67. The molecule has 0 saturated carbocycles. The molecule has 2 amide bonds. The Morgan fingerprint density at radius 1 is 0.969 bits per heavy atom. The van der Waals surface area contributed by atoms with Crippen molar-refractivity contribution in [2.24, 2.45) is 5.73 Å². The van der Waals surface area contributed by atoms with E-state index in [0.29, 0.717) is 48.8 Å². The van der Waals surface area contributed by atoms with Crippen LogP contribution in [0, 0.1) is 11.3 Å². The van der Waals surface area contributed by atoms with Crippen molar-refractivity contribution in [3.8, 4) is 11.8 Å². The number of piperazine rings is 1. The van der Waals surface area contributed by atoms with E-state index in [0.717, 1.165) is 5.69 Å². The summed E-state index contributed by atoms with van der Waals surface area (Å²) < 4.78 is 11.3. The second-order valence-corrected chi connectivity index (χ2v) is 7.38. The number of nitriles is 1. The first-order valence-electron chi connectivity index (χ1n) is 10.2. The lowest BCUT2D eigenvalue weighted by Crippen LogP contribution is -2.48. The van der Waals surface area contributed by atoms with Crippen molar-refractivity contribution in [1.29, 1.82) is 5.26 Å². The summed E-state index contributed by atoms with van der Waals surface area (Å²) in [5, 5.41) is 8.84. The van der Waals surface area contributed by atoms with Gasteiger partial charge in [-0.2, -0.15) is 5.26 Å². The Balaban J connectivity index is 1.30. The van der Waals surface area contributed by atoms with Crippen LogP contribution in [-0.4, -0.2) is 42.9 Å². The number of carbonyl (C=O) groups excluding carboxylic acids is 2. The average molecular weight is 430 g/mol. The predicted octanol–water partition coefficient (Wildman–Crippen LogP) is 2.79. The van der Waals surface area contributed by atoms with Crippen molar-refractivity contribution >= 4 is 17.5 Å². The summed E-state index contributed by atoms with van der Waals surface area (Å²) in [5.74, 6) is 0.840. The molecule has 32 heavy (non-hydrogen) atoms. The molecule has 2 heterocycles. The molecule has 0 spiro atoms. The van der Waals surface area contributed by atoms with Gasteiger partial charge in [0.2, 0.25) is 5.91 Å². The van der Waals surface area contributed by atoms with Crippen molar-refractivity contribution in [1.82, 2.24) is 4.90 Å². The van der Waals surface area contributed by atoms with E-state index in [1.54, 1.807) is 53.4 Å². The van der Waals surface area contributed by atoms with Gasteiger partial charge in [-0.05, 0) is 60.7 Å². The number of amides is 2. The molecule has 0 bridgehead atoms. The lowest BCUT2D eigenvalue weighted by Gasteiger charge is -2.35. The smallest absolute Gasteiger partial charge is 0.289 e. The van der Waals surface area contributed by atoms with Crippen LogP contribution < -0.4 is 15.4 Å². The summed E-state index contributed by atoms with van der Waals surface area (Å²) in [6, 6.07) is 19.4. The Morgan fingerprint density at radius 3 is 2.28 bits per heavy atom. The number of ether oxygens (including phenoxy) is 1. The number of carbonyl (C=O) groups is 2. The summed E-state index contributed by atoms with van der Waals surface area (Å²) in [7, 11) is 0. The van der Waals surface area contributed by atoms with E-state index in [2.05, 4.69) is 11.0 Å². The fraction of sp³-hybridized carbons (Fsp3) is 0.208. The molecule has 0 radical (unpaired) electrons. The number of anilines is 1. The number of nitrogens with two attached hydrogens (primary N) is 1. The van der Waals surface area contributed by atoms with Crippen molar-refractivity contribution in [3.63, 3.8) is 0 Å². The van der Waals surface area contributed by atoms with Crippen LogP contribution >= 0.6 is 0 Å². The maximum Gasteiger partial charge on any atom is 0.289 e. The number of hydrogen-bond donors (Lipinski definition) is 1. The fourth-order valence-corrected chi connectivity index (χ4v) is 3.51. The van der Waals surface area contributed by atoms with Crippen LogP contribution in [0.15, 0.2) is 65.1 Å². The molecule has 8 heteroatoms. The van der Waals surface area contributed by atoms with Gasteiger partial charge in [0, 0.05) is 37.4 Å². The molecule has 2 aromatic carbocycles. The highest BCUT2D eigenvalue weighted by molar-refractivity contribution is 5.93. The summed E-state index contributed by atoms with van der Waals surface area (Å²) in [4.78, 5) is 28.0. The van der Waals surface area contributed by atoms with Crippen LogP contribution in [0.1, 0.15) is 32.2 Å². The molecule has 1 aromatic heterocycles. The van der Waals surface area contributed by atoms with Gasteiger partial charge in [0.1, 0.15) is 18.1 Å². The minimum atomic E-state index is -0.452. The second-order valence-electron chi connectivity index (χ2n) is 7.38. The standard InChI is InChI=1S/C24H22N4O4/c25-15-17-1-7-20(8-2-17)31-16-21-9-10-22(32-21)24(30)28-13-11-27(12-14-28)19-5-3-18(4-6-19)23(26)29/h1-10H,11-14,16H2,(H2,26,29). The van der Waals surface area contributed by atoms with Crippen LogP contribution in [-0.2, 0) is 6.61 Å². The van der Waals surface area contributed by atoms with E-state index in [1.807, 2.05) is 12.1 Å². The topological polar surface area (TPSA) is 113 Å². The highest BCUT2D eigenvalue weighted by Crippen LogP contribution is 2.20. The third-order valence-electron chi connectivity index (χ3n) is 5.32. The average Bonchev–Trinajstić information content (AvgIpc) is 3.32. The van der Waals surface area contributed by atoms with Crippen LogP contribution in [0.5, 0.6) is 5.75 Å². The number of furan rings is 1. The van der Waals surface area contributed by atoms with Gasteiger partial charge >= 0.3 is 0 Å². The Morgan fingerprint density at radius 2 is 1.66 bits per heavy atom. The van der Waals surface area contributed by atoms with Crippen LogP contribution in [0.3, 0.4) is 0 Å². The molecule has 3 aromatic rings. The van der Waals surface area contributed by atoms with Crippen LogP contribution in [0.4, 0.5) is 5.69 Å². The zero-order valence-electron chi connectivity index (χ0n) is 17.4. The molecule has 2 N–H and O–H groups in total. The number of benzene rings is 2. The van der Waals surface area contributed by atoms with E-state index in [9.17, 15) is 9.59 Å². The minimum Gasteiger partial charge on any atom is -0.486 e. The molecule has 1 aliphatic rings. The predicted molar refractivity (Wildman–Crippen MR) is 117 cm³/mol. The first kappa shape index (κ1) is 21.0. The Bertz CT molecular complexity index is 1140. The van der Waals surface area contributed by atoms with Gasteiger partial charge in [-0.15, -0.1) is 0 Å². The molecule has 1 saturated heterocycles.